The zero-order valence-corrected chi connectivity index (χ0v) is 9.61. The number of methoxy groups -OCH3 is 1. The van der Waals surface area contributed by atoms with E-state index in [2.05, 4.69) is 9.80 Å². The van der Waals surface area contributed by atoms with Gasteiger partial charge < -0.3 is 4.74 Å². The van der Waals surface area contributed by atoms with E-state index in [0.29, 0.717) is 18.7 Å². The van der Waals surface area contributed by atoms with E-state index in [1.807, 2.05) is 0 Å². The number of Topliss-reactive ketones (excluding diaryl/α,β-unsaturated/α-hetero) is 1. The summed E-state index contributed by atoms with van der Waals surface area (Å²) in [6.07, 6.45) is 1.51. The second-order valence-corrected chi connectivity index (χ2v) is 4.68. The number of hydrogen-bond donors (Lipinski definition) is 0. The molecule has 15 heavy (non-hydrogen) atoms. The fourth-order valence-electron chi connectivity index (χ4n) is 2.69. The molecule has 0 aliphatic carbocycles. The van der Waals surface area contributed by atoms with Gasteiger partial charge in [-0.15, -0.1) is 0 Å². The van der Waals surface area contributed by atoms with Crippen molar-refractivity contribution in [3.05, 3.63) is 0 Å². The van der Waals surface area contributed by atoms with Crippen LogP contribution in [0, 0.1) is 0 Å². The molecule has 0 aromatic heterocycles. The minimum atomic E-state index is 0.268. The number of carbonyl (C=O) groups is 1. The van der Waals surface area contributed by atoms with Crippen LogP contribution in [0.3, 0.4) is 0 Å². The molecule has 2 saturated heterocycles. The van der Waals surface area contributed by atoms with Gasteiger partial charge in [-0.1, -0.05) is 0 Å². The van der Waals surface area contributed by atoms with E-state index in [4.69, 9.17) is 4.74 Å². The third-order valence-corrected chi connectivity index (χ3v) is 3.44. The summed E-state index contributed by atoms with van der Waals surface area (Å²) in [5.41, 5.74) is 0. The van der Waals surface area contributed by atoms with Crippen LogP contribution in [0.15, 0.2) is 0 Å². The Bertz CT molecular complexity index is 245. The monoisotopic (exact) mass is 212 g/mol. The normalized spacial score (nSPS) is 32.9. The van der Waals surface area contributed by atoms with Crippen LogP contribution < -0.4 is 0 Å². The lowest BCUT2D eigenvalue weighted by Crippen LogP contribution is -2.51. The highest BCUT2D eigenvalue weighted by molar-refractivity contribution is 5.77. The van der Waals surface area contributed by atoms with Crippen LogP contribution in [0.25, 0.3) is 0 Å². The highest BCUT2D eigenvalue weighted by Gasteiger charge is 2.36. The van der Waals surface area contributed by atoms with Crippen LogP contribution in [0.1, 0.15) is 13.3 Å². The Labute approximate surface area is 91.2 Å². The average molecular weight is 212 g/mol. The molecule has 86 valence electrons. The smallest absolute Gasteiger partial charge is 0.143 e. The molecular formula is C11H20N2O2. The zero-order valence-electron chi connectivity index (χ0n) is 9.61. The number of carbonyl (C=O) groups excluding carboxylic acids is 1. The summed E-state index contributed by atoms with van der Waals surface area (Å²) in [5, 5.41) is 0. The summed E-state index contributed by atoms with van der Waals surface area (Å²) in [4.78, 5) is 15.8. The molecule has 0 aromatic carbocycles. The molecule has 0 N–H and O–H groups in total. The first-order chi connectivity index (χ1) is 7.19. The fraction of sp³-hybridized carbons (Fsp3) is 0.909. The predicted molar refractivity (Wildman–Crippen MR) is 57.9 cm³/mol. The van der Waals surface area contributed by atoms with Gasteiger partial charge in [0.1, 0.15) is 5.78 Å². The van der Waals surface area contributed by atoms with Gasteiger partial charge in [0.05, 0.1) is 12.6 Å². The molecule has 2 heterocycles. The van der Waals surface area contributed by atoms with Crippen LogP contribution in [0.2, 0.25) is 0 Å². The molecule has 4 nitrogen and oxygen atoms in total. The first kappa shape index (κ1) is 11.0. The maximum atomic E-state index is 11.0. The van der Waals surface area contributed by atoms with Crippen LogP contribution in [-0.2, 0) is 9.53 Å². The summed E-state index contributed by atoms with van der Waals surface area (Å²) >= 11 is 0. The Hall–Kier alpha value is -0.450. The minimum Gasteiger partial charge on any atom is -0.380 e. The highest BCUT2D eigenvalue weighted by Crippen LogP contribution is 2.23. The fourth-order valence-corrected chi connectivity index (χ4v) is 2.69. The Morgan fingerprint density at radius 2 is 2.20 bits per heavy atom. The van der Waals surface area contributed by atoms with Gasteiger partial charge in [0, 0.05) is 39.3 Å². The van der Waals surface area contributed by atoms with Gasteiger partial charge in [-0.2, -0.15) is 0 Å². The lowest BCUT2D eigenvalue weighted by atomic mass is 10.1. The number of ketones is 1. The van der Waals surface area contributed by atoms with Gasteiger partial charge in [0.25, 0.3) is 0 Å². The number of rotatable bonds is 3. The van der Waals surface area contributed by atoms with E-state index in [1.54, 1.807) is 14.0 Å². The third kappa shape index (κ3) is 2.56. The van der Waals surface area contributed by atoms with Crippen molar-refractivity contribution in [3.8, 4) is 0 Å². The molecule has 2 aliphatic rings. The number of fused-ring (bicyclic) bond motifs is 1. The van der Waals surface area contributed by atoms with Crippen molar-refractivity contribution in [3.63, 3.8) is 0 Å². The van der Waals surface area contributed by atoms with Gasteiger partial charge in [0.2, 0.25) is 0 Å². The van der Waals surface area contributed by atoms with Crippen molar-refractivity contribution in [2.24, 2.45) is 0 Å². The van der Waals surface area contributed by atoms with Gasteiger partial charge in [-0.3, -0.25) is 14.6 Å². The molecular weight excluding hydrogens is 192 g/mol. The lowest BCUT2D eigenvalue weighted by molar-refractivity contribution is -0.118. The highest BCUT2D eigenvalue weighted by atomic mass is 16.5. The second-order valence-electron chi connectivity index (χ2n) is 4.68. The molecule has 2 rings (SSSR count). The Balaban J connectivity index is 1.86. The van der Waals surface area contributed by atoms with Gasteiger partial charge in [0.15, 0.2) is 0 Å². The molecule has 0 spiro atoms. The topological polar surface area (TPSA) is 32.8 Å². The molecule has 4 heteroatoms. The molecule has 2 aliphatic heterocycles. The SMILES string of the molecule is CO[C@@H]1C[C@H]2CN(CC(C)=O)CCN2C1. The Morgan fingerprint density at radius 3 is 2.87 bits per heavy atom. The van der Waals surface area contributed by atoms with Gasteiger partial charge in [-0.05, 0) is 13.3 Å². The quantitative estimate of drug-likeness (QED) is 0.658. The first-order valence-corrected chi connectivity index (χ1v) is 5.67. The van der Waals surface area contributed by atoms with E-state index in [1.165, 1.54) is 0 Å². The maximum Gasteiger partial charge on any atom is 0.143 e. The van der Waals surface area contributed by atoms with Crippen LogP contribution in [0.4, 0.5) is 0 Å². The molecule has 2 fully saturated rings. The van der Waals surface area contributed by atoms with Gasteiger partial charge >= 0.3 is 0 Å². The van der Waals surface area contributed by atoms with E-state index >= 15 is 0 Å². The number of piperazine rings is 1. The summed E-state index contributed by atoms with van der Waals surface area (Å²) in [7, 11) is 1.79. The molecule has 0 amide bonds. The average Bonchev–Trinajstić information content (AvgIpc) is 2.58. The maximum absolute atomic E-state index is 11.0. The van der Waals surface area contributed by atoms with E-state index in [9.17, 15) is 4.79 Å². The van der Waals surface area contributed by atoms with Crippen molar-refractivity contribution in [2.45, 2.75) is 25.5 Å². The predicted octanol–water partition coefficient (Wildman–Crippen LogP) is -0.0197. The number of nitrogens with zero attached hydrogens (tertiary/aromatic N) is 2. The van der Waals surface area contributed by atoms with Crippen molar-refractivity contribution in [2.75, 3.05) is 39.8 Å². The Kier molecular flexibility index (Phi) is 3.38. The first-order valence-electron chi connectivity index (χ1n) is 5.67. The lowest BCUT2D eigenvalue weighted by Gasteiger charge is -2.36. The number of ether oxygens (including phenoxy) is 1. The minimum absolute atomic E-state index is 0.268. The summed E-state index contributed by atoms with van der Waals surface area (Å²) in [6, 6.07) is 0.600. The standard InChI is InChI=1S/C11H20N2O2/c1-9(14)6-12-3-4-13-8-11(15-2)5-10(13)7-12/h10-11H,3-8H2,1-2H3/t10-,11+/m0/s1. The van der Waals surface area contributed by atoms with Crippen molar-refractivity contribution < 1.29 is 9.53 Å². The molecule has 0 bridgehead atoms. The van der Waals surface area contributed by atoms with Crippen LogP contribution >= 0.6 is 0 Å². The van der Waals surface area contributed by atoms with E-state index < -0.39 is 0 Å². The summed E-state index contributed by atoms with van der Waals surface area (Å²) in [5.74, 6) is 0.268. The zero-order chi connectivity index (χ0) is 10.8. The molecule has 0 aromatic rings. The molecule has 0 saturated carbocycles. The van der Waals surface area contributed by atoms with Crippen molar-refractivity contribution in [1.29, 1.82) is 0 Å². The van der Waals surface area contributed by atoms with E-state index in [0.717, 1.165) is 32.6 Å². The Morgan fingerprint density at radius 1 is 1.40 bits per heavy atom. The summed E-state index contributed by atoms with van der Waals surface area (Å²) < 4.78 is 5.39. The van der Waals surface area contributed by atoms with E-state index in [-0.39, 0.29) is 5.78 Å². The van der Waals surface area contributed by atoms with Crippen LogP contribution in [0.5, 0.6) is 0 Å². The molecule has 2 atom stereocenters. The molecule has 0 unspecified atom stereocenters. The number of hydrogen-bond acceptors (Lipinski definition) is 4. The largest absolute Gasteiger partial charge is 0.380 e. The second kappa shape index (κ2) is 4.60. The third-order valence-electron chi connectivity index (χ3n) is 3.44. The van der Waals surface area contributed by atoms with Crippen molar-refractivity contribution >= 4 is 5.78 Å². The van der Waals surface area contributed by atoms with Crippen molar-refractivity contribution in [1.82, 2.24) is 9.80 Å². The van der Waals surface area contributed by atoms with Crippen LogP contribution in [-0.4, -0.2) is 67.6 Å². The molecule has 0 radical (unpaired) electrons. The summed E-state index contributed by atoms with van der Waals surface area (Å²) in [6.45, 7) is 6.47. The van der Waals surface area contributed by atoms with Gasteiger partial charge in [-0.25, -0.2) is 0 Å².